The summed E-state index contributed by atoms with van der Waals surface area (Å²) in [5.74, 6) is 1.29. The summed E-state index contributed by atoms with van der Waals surface area (Å²) in [5.41, 5.74) is 1.84. The predicted molar refractivity (Wildman–Crippen MR) is 106 cm³/mol. The van der Waals surface area contributed by atoms with E-state index in [1.54, 1.807) is 0 Å². The number of carbonyl (C=O) groups excluding carboxylic acids is 2. The first-order valence-corrected chi connectivity index (χ1v) is 9.94. The number of carbonyl (C=O) groups is 2. The topological polar surface area (TPSA) is 55.8 Å². The van der Waals surface area contributed by atoms with Gasteiger partial charge in [-0.3, -0.25) is 14.5 Å². The smallest absolute Gasteiger partial charge is 0.289 e. The highest BCUT2D eigenvalue weighted by Gasteiger charge is 2.39. The van der Waals surface area contributed by atoms with Crippen molar-refractivity contribution < 1.29 is 19.1 Å². The van der Waals surface area contributed by atoms with Crippen molar-refractivity contribution in [1.82, 2.24) is 4.90 Å². The molecule has 1 aliphatic rings. The minimum atomic E-state index is -0.432. The number of amides is 2. The number of imide groups is 1. The van der Waals surface area contributed by atoms with Gasteiger partial charge >= 0.3 is 0 Å². The molecule has 0 unspecified atom stereocenters. The normalized spacial score (nSPS) is 16.7. The van der Waals surface area contributed by atoms with Crippen LogP contribution in [0.25, 0.3) is 0 Å². The molecule has 27 heavy (non-hydrogen) atoms. The number of hydrogen-bond acceptors (Lipinski definition) is 5. The van der Waals surface area contributed by atoms with E-state index in [-0.39, 0.29) is 11.1 Å². The maximum Gasteiger partial charge on any atom is 0.289 e. The molecule has 0 aromatic heterocycles. The summed E-state index contributed by atoms with van der Waals surface area (Å²) in [6.07, 6.45) is 0.447. The number of thioether (sulfide) groups is 1. The third-order valence-electron chi connectivity index (χ3n) is 4.24. The first-order chi connectivity index (χ1) is 13.1. The lowest BCUT2D eigenvalue weighted by Crippen LogP contribution is -2.31. The average molecular weight is 385 g/mol. The van der Waals surface area contributed by atoms with E-state index in [0.717, 1.165) is 28.6 Å². The molecule has 0 N–H and O–H groups in total. The number of nitrogens with zero attached hydrogens (tertiary/aromatic N) is 1. The van der Waals surface area contributed by atoms with Crippen LogP contribution >= 0.6 is 11.8 Å². The summed E-state index contributed by atoms with van der Waals surface area (Å²) in [6.45, 7) is 5.24. The third kappa shape index (κ3) is 4.63. The highest BCUT2D eigenvalue weighted by molar-refractivity contribution is 8.15. The Labute approximate surface area is 163 Å². The lowest BCUT2D eigenvalue weighted by molar-refractivity contribution is -0.127. The number of rotatable bonds is 8. The summed E-state index contributed by atoms with van der Waals surface area (Å²) >= 11 is 1.09. The second-order valence-electron chi connectivity index (χ2n) is 6.12. The molecule has 1 saturated heterocycles. The van der Waals surface area contributed by atoms with Crippen molar-refractivity contribution in [2.24, 2.45) is 0 Å². The molecule has 0 bridgehead atoms. The van der Waals surface area contributed by atoms with Crippen LogP contribution in [0.3, 0.4) is 0 Å². The highest BCUT2D eigenvalue weighted by atomic mass is 32.2. The fourth-order valence-electron chi connectivity index (χ4n) is 2.99. The molecule has 3 rings (SSSR count). The number of ether oxygens (including phenoxy) is 2. The zero-order chi connectivity index (χ0) is 19.2. The zero-order valence-electron chi connectivity index (χ0n) is 15.5. The molecule has 0 aliphatic carbocycles. The van der Waals surface area contributed by atoms with E-state index < -0.39 is 5.25 Å². The second kappa shape index (κ2) is 8.95. The molecule has 1 heterocycles. The van der Waals surface area contributed by atoms with E-state index in [9.17, 15) is 9.59 Å². The third-order valence-corrected chi connectivity index (χ3v) is 5.32. The Morgan fingerprint density at radius 3 is 2.44 bits per heavy atom. The van der Waals surface area contributed by atoms with Gasteiger partial charge in [-0.15, -0.1) is 0 Å². The Hall–Kier alpha value is -2.47. The molecular formula is C21H23NO4S. The van der Waals surface area contributed by atoms with Crippen LogP contribution in [0.4, 0.5) is 4.79 Å². The van der Waals surface area contributed by atoms with Gasteiger partial charge in [0.1, 0.15) is 11.5 Å². The van der Waals surface area contributed by atoms with Gasteiger partial charge in [0.2, 0.25) is 5.91 Å². The molecule has 5 nitrogen and oxygen atoms in total. The fourth-order valence-corrected chi connectivity index (χ4v) is 4.00. The predicted octanol–water partition coefficient (Wildman–Crippen LogP) is 4.29. The second-order valence-corrected chi connectivity index (χ2v) is 7.28. The van der Waals surface area contributed by atoms with Crippen molar-refractivity contribution in [3.8, 4) is 11.5 Å². The minimum Gasteiger partial charge on any atom is -0.494 e. The van der Waals surface area contributed by atoms with Crippen molar-refractivity contribution >= 4 is 22.9 Å². The van der Waals surface area contributed by atoms with E-state index >= 15 is 0 Å². The van der Waals surface area contributed by atoms with Gasteiger partial charge in [-0.1, -0.05) is 48.2 Å². The molecule has 1 atom stereocenters. The highest BCUT2D eigenvalue weighted by Crippen LogP contribution is 2.34. The molecule has 0 spiro atoms. The first-order valence-electron chi connectivity index (χ1n) is 9.06. The van der Waals surface area contributed by atoms with Gasteiger partial charge in [0, 0.05) is 6.07 Å². The summed E-state index contributed by atoms with van der Waals surface area (Å²) in [4.78, 5) is 26.5. The van der Waals surface area contributed by atoms with Gasteiger partial charge in [0.15, 0.2) is 0 Å². The van der Waals surface area contributed by atoms with Gasteiger partial charge < -0.3 is 9.47 Å². The van der Waals surface area contributed by atoms with Crippen LogP contribution in [0.15, 0.2) is 48.5 Å². The summed E-state index contributed by atoms with van der Waals surface area (Å²) in [5, 5.41) is -0.629. The van der Waals surface area contributed by atoms with E-state index in [4.69, 9.17) is 9.47 Å². The van der Waals surface area contributed by atoms with Crippen LogP contribution in [0.1, 0.15) is 25.0 Å². The van der Waals surface area contributed by atoms with Crippen LogP contribution in [-0.4, -0.2) is 34.5 Å². The Morgan fingerprint density at radius 1 is 1.00 bits per heavy atom. The van der Waals surface area contributed by atoms with Gasteiger partial charge in [-0.25, -0.2) is 0 Å². The zero-order valence-corrected chi connectivity index (χ0v) is 16.3. The van der Waals surface area contributed by atoms with Crippen molar-refractivity contribution in [3.63, 3.8) is 0 Å². The van der Waals surface area contributed by atoms with Gasteiger partial charge in [0.05, 0.1) is 25.0 Å². The van der Waals surface area contributed by atoms with E-state index in [0.29, 0.717) is 31.9 Å². The molecule has 1 aliphatic heterocycles. The molecule has 2 aromatic carbocycles. The largest absolute Gasteiger partial charge is 0.494 e. The maximum atomic E-state index is 12.8. The van der Waals surface area contributed by atoms with Crippen molar-refractivity contribution in [1.29, 1.82) is 0 Å². The Morgan fingerprint density at radius 2 is 1.74 bits per heavy atom. The maximum absolute atomic E-state index is 12.8. The first kappa shape index (κ1) is 19.3. The van der Waals surface area contributed by atoms with Crippen molar-refractivity contribution in [3.05, 3.63) is 59.7 Å². The fraction of sp³-hybridized carbons (Fsp3) is 0.333. The number of hydrogen-bond donors (Lipinski definition) is 0. The van der Waals surface area contributed by atoms with Gasteiger partial charge in [-0.05, 0) is 37.5 Å². The van der Waals surface area contributed by atoms with Crippen LogP contribution in [-0.2, 0) is 17.8 Å². The SMILES string of the molecule is CCOc1ccc(C[C@H]2SC(=O)N(Cc3ccccc3)C2=O)c(OCC)c1. The van der Waals surface area contributed by atoms with Crippen LogP contribution < -0.4 is 9.47 Å². The molecule has 2 aromatic rings. The lowest BCUT2D eigenvalue weighted by atomic mass is 10.1. The Bertz CT molecular complexity index is 809. The Balaban J connectivity index is 1.74. The monoisotopic (exact) mass is 385 g/mol. The molecular weight excluding hydrogens is 362 g/mol. The molecule has 1 fully saturated rings. The van der Waals surface area contributed by atoms with Crippen LogP contribution in [0, 0.1) is 0 Å². The summed E-state index contributed by atoms with van der Waals surface area (Å²) in [6, 6.07) is 15.2. The van der Waals surface area contributed by atoms with Crippen molar-refractivity contribution in [2.75, 3.05) is 13.2 Å². The van der Waals surface area contributed by atoms with E-state index in [2.05, 4.69) is 0 Å². The molecule has 0 radical (unpaired) electrons. The molecule has 6 heteroatoms. The average Bonchev–Trinajstić information content (AvgIpc) is 2.93. The molecule has 142 valence electrons. The lowest BCUT2D eigenvalue weighted by Gasteiger charge is -2.16. The molecule has 0 saturated carbocycles. The summed E-state index contributed by atoms with van der Waals surface area (Å²) < 4.78 is 11.2. The minimum absolute atomic E-state index is 0.148. The standard InChI is InChI=1S/C21H23NO4S/c1-3-25-17-11-10-16(18(13-17)26-4-2)12-19-20(23)22(21(24)27-19)14-15-8-6-5-7-9-15/h5-11,13,19H,3-4,12,14H2,1-2H3/t19-/m1/s1. The van der Waals surface area contributed by atoms with Crippen molar-refractivity contribution in [2.45, 2.75) is 32.1 Å². The van der Waals surface area contributed by atoms with Crippen LogP contribution in [0.5, 0.6) is 11.5 Å². The Kier molecular flexibility index (Phi) is 6.40. The van der Waals surface area contributed by atoms with E-state index in [1.165, 1.54) is 4.90 Å². The van der Waals surface area contributed by atoms with Crippen LogP contribution in [0.2, 0.25) is 0 Å². The summed E-state index contributed by atoms with van der Waals surface area (Å²) in [7, 11) is 0. The number of benzene rings is 2. The van der Waals surface area contributed by atoms with E-state index in [1.807, 2.05) is 62.4 Å². The quantitative estimate of drug-likeness (QED) is 0.678. The molecule has 2 amide bonds. The van der Waals surface area contributed by atoms with Gasteiger partial charge in [-0.2, -0.15) is 0 Å². The van der Waals surface area contributed by atoms with Gasteiger partial charge in [0.25, 0.3) is 5.24 Å².